The van der Waals surface area contributed by atoms with Gasteiger partial charge in [-0.15, -0.1) is 0 Å². The molecule has 0 aliphatic carbocycles. The van der Waals surface area contributed by atoms with Crippen molar-refractivity contribution in [2.45, 2.75) is 25.7 Å². The molecule has 0 fully saturated rings. The summed E-state index contributed by atoms with van der Waals surface area (Å²) in [5, 5.41) is 3.82. The number of pyridine rings is 1. The van der Waals surface area contributed by atoms with E-state index in [0.717, 1.165) is 29.5 Å². The first-order valence-electron chi connectivity index (χ1n) is 9.16. The smallest absolute Gasteiger partial charge is 0.251 e. The Balaban J connectivity index is 1.50. The van der Waals surface area contributed by atoms with Crippen LogP contribution in [0.2, 0.25) is 0 Å². The molecule has 2 N–H and O–H groups in total. The van der Waals surface area contributed by atoms with E-state index < -0.39 is 0 Å². The van der Waals surface area contributed by atoms with Gasteiger partial charge in [0.05, 0.1) is 7.11 Å². The van der Waals surface area contributed by atoms with Crippen molar-refractivity contribution in [1.29, 1.82) is 0 Å². The molecule has 0 unspecified atom stereocenters. The number of H-pyrrole nitrogens is 1. The highest BCUT2D eigenvalue weighted by Crippen LogP contribution is 2.19. The molecular formula is C22H24N2O3. The molecule has 0 spiro atoms. The highest BCUT2D eigenvalue weighted by atomic mass is 16.5. The first-order chi connectivity index (χ1) is 13.2. The summed E-state index contributed by atoms with van der Waals surface area (Å²) in [6.07, 6.45) is 2.54. The molecule has 3 aromatic rings. The van der Waals surface area contributed by atoms with Gasteiger partial charge in [-0.25, -0.2) is 0 Å². The van der Waals surface area contributed by atoms with Gasteiger partial charge in [0, 0.05) is 29.4 Å². The molecule has 0 atom stereocenters. The van der Waals surface area contributed by atoms with Crippen LogP contribution in [0.3, 0.4) is 0 Å². The van der Waals surface area contributed by atoms with Gasteiger partial charge >= 0.3 is 0 Å². The van der Waals surface area contributed by atoms with Gasteiger partial charge in [0.15, 0.2) is 0 Å². The summed E-state index contributed by atoms with van der Waals surface area (Å²) in [4.78, 5) is 27.1. The zero-order valence-corrected chi connectivity index (χ0v) is 15.5. The number of benzene rings is 2. The van der Waals surface area contributed by atoms with E-state index in [1.54, 1.807) is 13.2 Å². The second kappa shape index (κ2) is 9.03. The summed E-state index contributed by atoms with van der Waals surface area (Å²) in [6, 6.07) is 17.5. The molecule has 1 aromatic heterocycles. The molecule has 1 amide bonds. The monoisotopic (exact) mass is 364 g/mol. The van der Waals surface area contributed by atoms with Crippen LogP contribution >= 0.6 is 0 Å². The Morgan fingerprint density at radius 3 is 2.67 bits per heavy atom. The fourth-order valence-corrected chi connectivity index (χ4v) is 3.04. The SMILES string of the molecule is COc1ccc2[nH]c(=O)c(CCC(=O)NCCCc3ccccc3)cc2c1. The van der Waals surface area contributed by atoms with E-state index in [9.17, 15) is 9.59 Å². The molecule has 5 nitrogen and oxygen atoms in total. The number of nitrogens with one attached hydrogen (secondary N) is 2. The number of amides is 1. The fourth-order valence-electron chi connectivity index (χ4n) is 3.04. The maximum Gasteiger partial charge on any atom is 0.251 e. The van der Waals surface area contributed by atoms with Gasteiger partial charge in [0.2, 0.25) is 5.91 Å². The molecule has 0 aliphatic rings. The van der Waals surface area contributed by atoms with E-state index in [-0.39, 0.29) is 11.5 Å². The molecule has 140 valence electrons. The van der Waals surface area contributed by atoms with Crippen LogP contribution in [0.5, 0.6) is 5.75 Å². The predicted octanol–water partition coefficient (Wildman–Crippen LogP) is 3.22. The fraction of sp³-hybridized carbons (Fsp3) is 0.273. The zero-order chi connectivity index (χ0) is 19.1. The lowest BCUT2D eigenvalue weighted by molar-refractivity contribution is -0.121. The van der Waals surface area contributed by atoms with Gasteiger partial charge in [-0.05, 0) is 49.1 Å². The lowest BCUT2D eigenvalue weighted by atomic mass is 10.1. The van der Waals surface area contributed by atoms with Crippen LogP contribution in [0.25, 0.3) is 10.9 Å². The number of ether oxygens (including phenoxy) is 1. The summed E-state index contributed by atoms with van der Waals surface area (Å²) in [5.41, 5.74) is 2.49. The normalized spacial score (nSPS) is 10.7. The average molecular weight is 364 g/mol. The largest absolute Gasteiger partial charge is 0.497 e. The molecule has 0 aliphatic heterocycles. The molecule has 0 saturated carbocycles. The molecule has 0 saturated heterocycles. The van der Waals surface area contributed by atoms with E-state index in [1.807, 2.05) is 36.4 Å². The minimum absolute atomic E-state index is 0.0341. The van der Waals surface area contributed by atoms with Crippen molar-refractivity contribution in [2.24, 2.45) is 0 Å². The Morgan fingerprint density at radius 2 is 1.89 bits per heavy atom. The Morgan fingerprint density at radius 1 is 1.07 bits per heavy atom. The van der Waals surface area contributed by atoms with Gasteiger partial charge in [0.25, 0.3) is 5.56 Å². The van der Waals surface area contributed by atoms with Crippen LogP contribution in [0.1, 0.15) is 24.0 Å². The van der Waals surface area contributed by atoms with Crippen LogP contribution in [0.4, 0.5) is 0 Å². The third-order valence-electron chi connectivity index (χ3n) is 4.56. The van der Waals surface area contributed by atoms with E-state index in [2.05, 4.69) is 22.4 Å². The second-order valence-electron chi connectivity index (χ2n) is 6.52. The number of fused-ring (bicyclic) bond motifs is 1. The van der Waals surface area contributed by atoms with Gasteiger partial charge < -0.3 is 15.0 Å². The van der Waals surface area contributed by atoms with Crippen LogP contribution in [0, 0.1) is 0 Å². The standard InChI is InChI=1S/C22H24N2O3/c1-27-19-10-11-20-18(15-19)14-17(22(26)24-20)9-12-21(25)23-13-5-8-16-6-3-2-4-7-16/h2-4,6-7,10-11,14-15H,5,8-9,12-13H2,1H3,(H,23,25)(H,24,26). The van der Waals surface area contributed by atoms with E-state index in [0.29, 0.717) is 24.9 Å². The molecule has 5 heteroatoms. The molecule has 27 heavy (non-hydrogen) atoms. The molecule has 0 radical (unpaired) electrons. The Bertz CT molecular complexity index is 964. The number of aromatic nitrogens is 1. The van der Waals surface area contributed by atoms with Gasteiger partial charge in [0.1, 0.15) is 5.75 Å². The topological polar surface area (TPSA) is 71.2 Å². The number of hydrogen-bond acceptors (Lipinski definition) is 3. The Kier molecular flexibility index (Phi) is 6.26. The summed E-state index contributed by atoms with van der Waals surface area (Å²) in [7, 11) is 1.61. The van der Waals surface area contributed by atoms with Crippen LogP contribution < -0.4 is 15.6 Å². The van der Waals surface area contributed by atoms with Crippen molar-refractivity contribution in [2.75, 3.05) is 13.7 Å². The molecular weight excluding hydrogens is 340 g/mol. The molecule has 2 aromatic carbocycles. The van der Waals surface area contributed by atoms with Gasteiger partial charge in [-0.1, -0.05) is 30.3 Å². The number of aromatic amines is 1. The minimum Gasteiger partial charge on any atom is -0.497 e. The van der Waals surface area contributed by atoms with Crippen LogP contribution in [-0.4, -0.2) is 24.5 Å². The summed E-state index contributed by atoms with van der Waals surface area (Å²) >= 11 is 0. The Hall–Kier alpha value is -3.08. The summed E-state index contributed by atoms with van der Waals surface area (Å²) in [5.74, 6) is 0.699. The van der Waals surface area contributed by atoms with Crippen molar-refractivity contribution in [1.82, 2.24) is 10.3 Å². The third-order valence-corrected chi connectivity index (χ3v) is 4.56. The first kappa shape index (κ1) is 18.7. The van der Waals surface area contributed by atoms with Crippen molar-refractivity contribution >= 4 is 16.8 Å². The van der Waals surface area contributed by atoms with Crippen LogP contribution in [0.15, 0.2) is 59.4 Å². The van der Waals surface area contributed by atoms with Crippen molar-refractivity contribution in [3.05, 3.63) is 76.1 Å². The van der Waals surface area contributed by atoms with E-state index in [4.69, 9.17) is 4.74 Å². The van der Waals surface area contributed by atoms with Crippen molar-refractivity contribution in [3.8, 4) is 5.75 Å². The quantitative estimate of drug-likeness (QED) is 0.603. The summed E-state index contributed by atoms with van der Waals surface area (Å²) < 4.78 is 5.22. The second-order valence-corrected chi connectivity index (χ2v) is 6.52. The maximum atomic E-state index is 12.2. The zero-order valence-electron chi connectivity index (χ0n) is 15.5. The summed E-state index contributed by atoms with van der Waals surface area (Å²) in [6.45, 7) is 0.638. The van der Waals surface area contributed by atoms with Gasteiger partial charge in [-0.3, -0.25) is 9.59 Å². The number of carbonyl (C=O) groups is 1. The van der Waals surface area contributed by atoms with E-state index in [1.165, 1.54) is 5.56 Å². The highest BCUT2D eigenvalue weighted by molar-refractivity contribution is 5.81. The molecule has 3 rings (SSSR count). The highest BCUT2D eigenvalue weighted by Gasteiger charge is 2.07. The number of methoxy groups -OCH3 is 1. The number of aryl methyl sites for hydroxylation is 2. The third kappa shape index (κ3) is 5.20. The number of hydrogen-bond donors (Lipinski definition) is 2. The van der Waals surface area contributed by atoms with Crippen molar-refractivity contribution in [3.63, 3.8) is 0 Å². The van der Waals surface area contributed by atoms with Crippen molar-refractivity contribution < 1.29 is 9.53 Å². The predicted molar refractivity (Wildman–Crippen MR) is 107 cm³/mol. The maximum absolute atomic E-state index is 12.2. The molecule has 0 bridgehead atoms. The van der Waals surface area contributed by atoms with E-state index >= 15 is 0 Å². The lowest BCUT2D eigenvalue weighted by Crippen LogP contribution is -2.26. The lowest BCUT2D eigenvalue weighted by Gasteiger charge is -2.07. The first-order valence-corrected chi connectivity index (χ1v) is 9.16. The van der Waals surface area contributed by atoms with Crippen LogP contribution in [-0.2, 0) is 17.6 Å². The average Bonchev–Trinajstić information content (AvgIpc) is 2.70. The van der Waals surface area contributed by atoms with Gasteiger partial charge in [-0.2, -0.15) is 0 Å². The molecule has 1 heterocycles. The number of rotatable bonds is 8. The number of carbonyl (C=O) groups excluding carboxylic acids is 1. The minimum atomic E-state index is -0.149. The Labute approximate surface area is 158 Å².